The number of aryl methyl sites for hydroxylation is 1. The topological polar surface area (TPSA) is 51.0 Å². The Balaban J connectivity index is 1.68. The quantitative estimate of drug-likeness (QED) is 0.746. The van der Waals surface area contributed by atoms with Gasteiger partial charge < -0.3 is 9.47 Å². The number of benzene rings is 1. The van der Waals surface area contributed by atoms with Gasteiger partial charge in [-0.15, -0.1) is 10.2 Å². The molecule has 1 atom stereocenters. The summed E-state index contributed by atoms with van der Waals surface area (Å²) in [5.41, 5.74) is 1.12. The van der Waals surface area contributed by atoms with Crippen molar-refractivity contribution >= 4 is 29.3 Å². The molecule has 5 nitrogen and oxygen atoms in total. The molecule has 0 aliphatic carbocycles. The maximum Gasteiger partial charge on any atom is 0.233 e. The van der Waals surface area contributed by atoms with Crippen molar-refractivity contribution in [2.45, 2.75) is 43.3 Å². The fourth-order valence-electron chi connectivity index (χ4n) is 3.25. The van der Waals surface area contributed by atoms with Gasteiger partial charge in [-0.3, -0.25) is 4.79 Å². The molecule has 1 fully saturated rings. The van der Waals surface area contributed by atoms with E-state index >= 15 is 0 Å². The second-order valence-electron chi connectivity index (χ2n) is 6.40. The minimum Gasteiger partial charge on any atom is -0.339 e. The van der Waals surface area contributed by atoms with Gasteiger partial charge in [0.05, 0.1) is 5.75 Å². The zero-order valence-electron chi connectivity index (χ0n) is 14.4. The number of halogens is 1. The Labute approximate surface area is 157 Å². The number of carbonyl (C=O) groups excluding carboxylic acids is 1. The number of aromatic nitrogens is 3. The average molecular weight is 379 g/mol. The standard InChI is InChI=1S/C18H23ClN4OS/c1-22-13-20-21-18(22)25-12-17(24)23-10-6-2-3-8-15(23)11-14-7-4-5-9-16(14)19/h4-5,7,9,13,15H,2-3,6,8,10-12H2,1H3. The van der Waals surface area contributed by atoms with E-state index in [-0.39, 0.29) is 11.9 Å². The van der Waals surface area contributed by atoms with Crippen LogP contribution in [0, 0.1) is 0 Å². The van der Waals surface area contributed by atoms with Gasteiger partial charge >= 0.3 is 0 Å². The van der Waals surface area contributed by atoms with Gasteiger partial charge in [-0.25, -0.2) is 0 Å². The molecular formula is C18H23ClN4OS. The molecular weight excluding hydrogens is 356 g/mol. The first-order valence-electron chi connectivity index (χ1n) is 8.65. The van der Waals surface area contributed by atoms with Crippen molar-refractivity contribution < 1.29 is 4.79 Å². The van der Waals surface area contributed by atoms with E-state index in [1.807, 2.05) is 29.8 Å². The molecule has 1 aromatic heterocycles. The highest BCUT2D eigenvalue weighted by Gasteiger charge is 2.26. The lowest BCUT2D eigenvalue weighted by Gasteiger charge is -2.30. The Kier molecular flexibility index (Phi) is 6.37. The van der Waals surface area contributed by atoms with Crippen LogP contribution in [0.2, 0.25) is 5.02 Å². The van der Waals surface area contributed by atoms with Crippen molar-refractivity contribution in [1.82, 2.24) is 19.7 Å². The third-order valence-electron chi connectivity index (χ3n) is 4.61. The van der Waals surface area contributed by atoms with E-state index in [0.717, 1.165) is 48.0 Å². The van der Waals surface area contributed by atoms with Gasteiger partial charge in [-0.05, 0) is 30.9 Å². The summed E-state index contributed by atoms with van der Waals surface area (Å²) in [7, 11) is 1.89. The van der Waals surface area contributed by atoms with Gasteiger partial charge in [0.25, 0.3) is 0 Å². The predicted molar refractivity (Wildman–Crippen MR) is 101 cm³/mol. The Bertz CT molecular complexity index is 721. The van der Waals surface area contributed by atoms with Crippen LogP contribution in [0.1, 0.15) is 31.2 Å². The number of hydrogen-bond acceptors (Lipinski definition) is 4. The lowest BCUT2D eigenvalue weighted by atomic mass is 10.0. The molecule has 2 heterocycles. The van der Waals surface area contributed by atoms with E-state index in [9.17, 15) is 4.79 Å². The van der Waals surface area contributed by atoms with E-state index in [0.29, 0.717) is 5.75 Å². The zero-order chi connectivity index (χ0) is 17.6. The summed E-state index contributed by atoms with van der Waals surface area (Å²) in [6, 6.07) is 8.15. The van der Waals surface area contributed by atoms with Gasteiger partial charge in [-0.1, -0.05) is 54.4 Å². The van der Waals surface area contributed by atoms with Crippen molar-refractivity contribution in [3.05, 3.63) is 41.2 Å². The number of likely N-dealkylation sites (tertiary alicyclic amines) is 1. The maximum atomic E-state index is 12.9. The van der Waals surface area contributed by atoms with Crippen LogP contribution in [-0.4, -0.2) is 43.9 Å². The second kappa shape index (κ2) is 8.72. The summed E-state index contributed by atoms with van der Waals surface area (Å²) in [6.45, 7) is 0.827. The molecule has 1 aromatic carbocycles. The highest BCUT2D eigenvalue weighted by molar-refractivity contribution is 7.99. The Hall–Kier alpha value is -1.53. The Morgan fingerprint density at radius 2 is 2.16 bits per heavy atom. The second-order valence-corrected chi connectivity index (χ2v) is 7.75. The van der Waals surface area contributed by atoms with Crippen LogP contribution in [0.4, 0.5) is 0 Å². The van der Waals surface area contributed by atoms with Crippen LogP contribution in [0.5, 0.6) is 0 Å². The number of thioether (sulfide) groups is 1. The first-order valence-corrected chi connectivity index (χ1v) is 10.0. The van der Waals surface area contributed by atoms with Gasteiger partial charge in [-0.2, -0.15) is 0 Å². The van der Waals surface area contributed by atoms with Crippen molar-refractivity contribution in [3.8, 4) is 0 Å². The summed E-state index contributed by atoms with van der Waals surface area (Å²) in [6.07, 6.45) is 6.92. The predicted octanol–water partition coefficient (Wildman–Crippen LogP) is 3.57. The highest BCUT2D eigenvalue weighted by Crippen LogP contribution is 2.25. The number of rotatable bonds is 5. The van der Waals surface area contributed by atoms with Crippen LogP contribution in [0.15, 0.2) is 35.7 Å². The summed E-state index contributed by atoms with van der Waals surface area (Å²) in [4.78, 5) is 14.9. The number of amides is 1. The number of carbonyl (C=O) groups is 1. The van der Waals surface area contributed by atoms with E-state index < -0.39 is 0 Å². The van der Waals surface area contributed by atoms with Crippen LogP contribution in [0.25, 0.3) is 0 Å². The molecule has 0 radical (unpaired) electrons. The minimum atomic E-state index is 0.173. The molecule has 3 rings (SSSR count). The van der Waals surface area contributed by atoms with Crippen LogP contribution < -0.4 is 0 Å². The van der Waals surface area contributed by atoms with E-state index in [1.165, 1.54) is 18.2 Å². The maximum absolute atomic E-state index is 12.9. The van der Waals surface area contributed by atoms with Crippen molar-refractivity contribution in [3.63, 3.8) is 0 Å². The molecule has 1 unspecified atom stereocenters. The van der Waals surface area contributed by atoms with Crippen LogP contribution in [-0.2, 0) is 18.3 Å². The molecule has 0 spiro atoms. The molecule has 25 heavy (non-hydrogen) atoms. The molecule has 1 saturated heterocycles. The van der Waals surface area contributed by atoms with Gasteiger partial charge in [0, 0.05) is 24.7 Å². The van der Waals surface area contributed by atoms with Crippen LogP contribution in [0.3, 0.4) is 0 Å². The molecule has 0 bridgehead atoms. The van der Waals surface area contributed by atoms with Crippen LogP contribution >= 0.6 is 23.4 Å². The van der Waals surface area contributed by atoms with Gasteiger partial charge in [0.15, 0.2) is 5.16 Å². The summed E-state index contributed by atoms with van der Waals surface area (Å²) in [5, 5.41) is 9.45. The third kappa shape index (κ3) is 4.76. The SMILES string of the molecule is Cn1cnnc1SCC(=O)N1CCCCCC1Cc1ccccc1Cl. The Morgan fingerprint density at radius 3 is 2.92 bits per heavy atom. The smallest absolute Gasteiger partial charge is 0.233 e. The lowest BCUT2D eigenvalue weighted by Crippen LogP contribution is -2.42. The fraction of sp³-hybridized carbons (Fsp3) is 0.500. The summed E-state index contributed by atoms with van der Waals surface area (Å²) < 4.78 is 1.83. The van der Waals surface area contributed by atoms with E-state index in [2.05, 4.69) is 21.2 Å². The third-order valence-corrected chi connectivity index (χ3v) is 5.99. The molecule has 7 heteroatoms. The molecule has 0 saturated carbocycles. The van der Waals surface area contributed by atoms with E-state index in [1.54, 1.807) is 6.33 Å². The van der Waals surface area contributed by atoms with E-state index in [4.69, 9.17) is 11.6 Å². The monoisotopic (exact) mass is 378 g/mol. The number of hydrogen-bond donors (Lipinski definition) is 0. The molecule has 134 valence electrons. The molecule has 1 aliphatic heterocycles. The highest BCUT2D eigenvalue weighted by atomic mass is 35.5. The fourth-order valence-corrected chi connectivity index (χ4v) is 4.24. The normalized spacial score (nSPS) is 18.2. The van der Waals surface area contributed by atoms with Gasteiger partial charge in [0.2, 0.25) is 5.91 Å². The first-order chi connectivity index (χ1) is 12.1. The molecule has 1 aliphatic rings. The average Bonchev–Trinajstić information content (AvgIpc) is 2.87. The molecule has 1 amide bonds. The molecule has 2 aromatic rings. The molecule has 0 N–H and O–H groups in total. The summed E-state index contributed by atoms with van der Waals surface area (Å²) in [5.74, 6) is 0.568. The van der Waals surface area contributed by atoms with Crippen molar-refractivity contribution in [1.29, 1.82) is 0 Å². The van der Waals surface area contributed by atoms with Crippen molar-refractivity contribution in [2.24, 2.45) is 7.05 Å². The zero-order valence-corrected chi connectivity index (χ0v) is 16.0. The Morgan fingerprint density at radius 1 is 1.32 bits per heavy atom. The lowest BCUT2D eigenvalue weighted by molar-refractivity contribution is -0.130. The largest absolute Gasteiger partial charge is 0.339 e. The number of nitrogens with zero attached hydrogens (tertiary/aromatic N) is 4. The van der Waals surface area contributed by atoms with Gasteiger partial charge in [0.1, 0.15) is 6.33 Å². The summed E-state index contributed by atoms with van der Waals surface area (Å²) >= 11 is 7.78. The first kappa shape index (κ1) is 18.3. The minimum absolute atomic E-state index is 0.173. The van der Waals surface area contributed by atoms with Crippen molar-refractivity contribution in [2.75, 3.05) is 12.3 Å².